The summed E-state index contributed by atoms with van der Waals surface area (Å²) in [4.78, 5) is 4.84. The van der Waals surface area contributed by atoms with E-state index in [0.717, 1.165) is 31.3 Å². The first-order chi connectivity index (χ1) is 10.9. The van der Waals surface area contributed by atoms with Crippen LogP contribution in [0.15, 0.2) is 54.6 Å². The number of pyridine rings is 1. The van der Waals surface area contributed by atoms with E-state index in [-0.39, 0.29) is 12.4 Å². The molecule has 0 bridgehead atoms. The summed E-state index contributed by atoms with van der Waals surface area (Å²) in [5.41, 5.74) is 6.54. The van der Waals surface area contributed by atoms with Crippen LogP contribution in [-0.4, -0.2) is 11.5 Å². The van der Waals surface area contributed by atoms with Gasteiger partial charge in [-0.25, -0.2) is 0 Å². The summed E-state index contributed by atoms with van der Waals surface area (Å²) >= 11 is 0. The van der Waals surface area contributed by atoms with E-state index in [1.165, 1.54) is 34.3 Å². The predicted molar refractivity (Wildman–Crippen MR) is 92.4 cm³/mol. The zero-order valence-corrected chi connectivity index (χ0v) is 13.8. The van der Waals surface area contributed by atoms with Crippen LogP contribution in [0, 0.1) is 0 Å². The van der Waals surface area contributed by atoms with E-state index in [0.29, 0.717) is 0 Å². The molecular formula is C20H20ClN2-. The topological polar surface area (TPSA) is 24.9 Å². The van der Waals surface area contributed by atoms with Crippen molar-refractivity contribution in [2.24, 2.45) is 0 Å². The quantitative estimate of drug-likeness (QED) is 0.785. The largest absolute Gasteiger partial charge is 1.00 e. The van der Waals surface area contributed by atoms with Crippen molar-refractivity contribution in [3.05, 3.63) is 71.4 Å². The number of nitrogens with one attached hydrogen (secondary N) is 1. The fourth-order valence-corrected chi connectivity index (χ4v) is 3.39. The minimum Gasteiger partial charge on any atom is -1.00 e. The van der Waals surface area contributed by atoms with Crippen LogP contribution >= 0.6 is 0 Å². The summed E-state index contributed by atoms with van der Waals surface area (Å²) in [6.45, 7) is 0.963. The normalized spacial score (nSPS) is 12.7. The number of para-hydroxylation sites is 1. The molecule has 0 aliphatic heterocycles. The number of nitrogens with zero attached hydrogens (tertiary/aromatic N) is 1. The van der Waals surface area contributed by atoms with Crippen molar-refractivity contribution < 1.29 is 12.4 Å². The van der Waals surface area contributed by atoms with Crippen LogP contribution in [0.1, 0.15) is 23.2 Å². The van der Waals surface area contributed by atoms with Gasteiger partial charge in [-0.15, -0.1) is 0 Å². The summed E-state index contributed by atoms with van der Waals surface area (Å²) in [6.07, 6.45) is 4.55. The SMILES string of the molecule is [Cl-].c1ccc(CCNc2c3c(nc4ccccc24)CCC3)cc1. The lowest BCUT2D eigenvalue weighted by atomic mass is 10.1. The smallest absolute Gasteiger partial charge is 0.0726 e. The highest BCUT2D eigenvalue weighted by Crippen LogP contribution is 2.33. The van der Waals surface area contributed by atoms with Crippen molar-refractivity contribution >= 4 is 16.6 Å². The van der Waals surface area contributed by atoms with Crippen molar-refractivity contribution in [2.75, 3.05) is 11.9 Å². The van der Waals surface area contributed by atoms with Crippen LogP contribution in [-0.2, 0) is 19.3 Å². The van der Waals surface area contributed by atoms with Gasteiger partial charge >= 0.3 is 0 Å². The highest BCUT2D eigenvalue weighted by molar-refractivity contribution is 5.93. The van der Waals surface area contributed by atoms with Gasteiger partial charge in [0.15, 0.2) is 0 Å². The lowest BCUT2D eigenvalue weighted by molar-refractivity contribution is -0.00000440. The van der Waals surface area contributed by atoms with E-state index in [4.69, 9.17) is 4.98 Å². The third-order valence-corrected chi connectivity index (χ3v) is 4.48. The Hall–Kier alpha value is -2.06. The van der Waals surface area contributed by atoms with Gasteiger partial charge in [-0.3, -0.25) is 4.98 Å². The number of benzene rings is 2. The van der Waals surface area contributed by atoms with E-state index in [1.54, 1.807) is 0 Å². The molecule has 1 aliphatic carbocycles. The lowest BCUT2D eigenvalue weighted by Crippen LogP contribution is -3.00. The minimum atomic E-state index is 0. The Bertz CT molecular complexity index is 799. The van der Waals surface area contributed by atoms with Gasteiger partial charge in [-0.05, 0) is 42.9 Å². The van der Waals surface area contributed by atoms with Crippen molar-refractivity contribution in [1.82, 2.24) is 4.98 Å². The molecule has 1 aromatic heterocycles. The number of hydrogen-bond acceptors (Lipinski definition) is 2. The van der Waals surface area contributed by atoms with Crippen molar-refractivity contribution in [1.29, 1.82) is 0 Å². The van der Waals surface area contributed by atoms with Gasteiger partial charge in [0.2, 0.25) is 0 Å². The average Bonchev–Trinajstić information content (AvgIpc) is 3.03. The number of aryl methyl sites for hydroxylation is 1. The third kappa shape index (κ3) is 3.18. The van der Waals surface area contributed by atoms with Gasteiger partial charge in [0.25, 0.3) is 0 Å². The number of halogens is 1. The van der Waals surface area contributed by atoms with E-state index in [9.17, 15) is 0 Å². The van der Waals surface area contributed by atoms with E-state index < -0.39 is 0 Å². The molecule has 2 nitrogen and oxygen atoms in total. The Morgan fingerprint density at radius 2 is 1.70 bits per heavy atom. The standard InChI is InChI=1S/C20H20N2.ClH/c1-2-7-15(8-3-1)13-14-21-20-16-9-4-5-11-18(16)22-19-12-6-10-17(19)20;/h1-5,7-9,11H,6,10,12-14H2,(H,21,22);1H/p-1. The maximum atomic E-state index is 4.84. The molecule has 0 spiro atoms. The monoisotopic (exact) mass is 323 g/mol. The molecule has 118 valence electrons. The van der Waals surface area contributed by atoms with Gasteiger partial charge in [-0.1, -0.05) is 48.5 Å². The zero-order chi connectivity index (χ0) is 14.8. The Kier molecular flexibility index (Phi) is 4.82. The first-order valence-electron chi connectivity index (χ1n) is 8.10. The lowest BCUT2D eigenvalue weighted by Gasteiger charge is -2.14. The molecule has 0 amide bonds. The highest BCUT2D eigenvalue weighted by atomic mass is 35.5. The number of aromatic nitrogens is 1. The summed E-state index contributed by atoms with van der Waals surface area (Å²) in [7, 11) is 0. The molecule has 23 heavy (non-hydrogen) atoms. The first kappa shape index (κ1) is 15.8. The number of hydrogen-bond donors (Lipinski definition) is 1. The summed E-state index contributed by atoms with van der Waals surface area (Å²) in [6, 6.07) is 19.2. The van der Waals surface area contributed by atoms with Crippen LogP contribution in [0.25, 0.3) is 10.9 Å². The molecule has 0 radical (unpaired) electrons. The molecule has 0 fully saturated rings. The van der Waals surface area contributed by atoms with Gasteiger partial charge in [0.05, 0.1) is 5.52 Å². The number of anilines is 1. The van der Waals surface area contributed by atoms with Gasteiger partial charge in [0.1, 0.15) is 0 Å². The van der Waals surface area contributed by atoms with Crippen LogP contribution in [0.5, 0.6) is 0 Å². The molecule has 0 saturated heterocycles. The van der Waals surface area contributed by atoms with Crippen LogP contribution in [0.2, 0.25) is 0 Å². The molecule has 1 N–H and O–H groups in total. The molecule has 2 aromatic carbocycles. The molecular weight excluding hydrogens is 304 g/mol. The van der Waals surface area contributed by atoms with Crippen LogP contribution in [0.4, 0.5) is 5.69 Å². The Morgan fingerprint density at radius 3 is 2.57 bits per heavy atom. The number of rotatable bonds is 4. The Morgan fingerprint density at radius 1 is 0.913 bits per heavy atom. The van der Waals surface area contributed by atoms with Gasteiger partial charge < -0.3 is 17.7 Å². The first-order valence-corrected chi connectivity index (χ1v) is 8.10. The summed E-state index contributed by atoms with van der Waals surface area (Å²) < 4.78 is 0. The molecule has 3 aromatic rings. The second-order valence-corrected chi connectivity index (χ2v) is 5.95. The highest BCUT2D eigenvalue weighted by Gasteiger charge is 2.19. The van der Waals surface area contributed by atoms with E-state index in [2.05, 4.69) is 59.9 Å². The molecule has 1 heterocycles. The maximum Gasteiger partial charge on any atom is 0.0726 e. The molecule has 0 unspecified atom stereocenters. The summed E-state index contributed by atoms with van der Waals surface area (Å²) in [5, 5.41) is 4.96. The van der Waals surface area contributed by atoms with Gasteiger partial charge in [-0.2, -0.15) is 0 Å². The Labute approximate surface area is 143 Å². The van der Waals surface area contributed by atoms with Crippen molar-refractivity contribution in [3.63, 3.8) is 0 Å². The van der Waals surface area contributed by atoms with Crippen molar-refractivity contribution in [2.45, 2.75) is 25.7 Å². The average molecular weight is 324 g/mol. The minimum absolute atomic E-state index is 0. The molecule has 1 aliphatic rings. The zero-order valence-electron chi connectivity index (χ0n) is 13.1. The maximum absolute atomic E-state index is 4.84. The van der Waals surface area contributed by atoms with Crippen molar-refractivity contribution in [3.8, 4) is 0 Å². The third-order valence-electron chi connectivity index (χ3n) is 4.48. The fraction of sp³-hybridized carbons (Fsp3) is 0.250. The Balaban J connectivity index is 0.00000156. The van der Waals surface area contributed by atoms with E-state index >= 15 is 0 Å². The predicted octanol–water partition coefficient (Wildman–Crippen LogP) is 1.38. The molecule has 4 rings (SSSR count). The second kappa shape index (κ2) is 7.01. The van der Waals surface area contributed by atoms with E-state index in [1.807, 2.05) is 0 Å². The molecule has 0 atom stereocenters. The van der Waals surface area contributed by atoms with Crippen LogP contribution in [0.3, 0.4) is 0 Å². The van der Waals surface area contributed by atoms with Crippen LogP contribution < -0.4 is 17.7 Å². The second-order valence-electron chi connectivity index (χ2n) is 5.95. The molecule has 3 heteroatoms. The molecule has 0 saturated carbocycles. The van der Waals surface area contributed by atoms with Gasteiger partial charge in [0, 0.05) is 23.3 Å². The fourth-order valence-electron chi connectivity index (χ4n) is 3.39. The number of fused-ring (bicyclic) bond motifs is 2. The summed E-state index contributed by atoms with van der Waals surface area (Å²) in [5.74, 6) is 0.